The molecule has 180 valence electrons. The average molecular weight is 503 g/mol. The zero-order valence-corrected chi connectivity index (χ0v) is 20.4. The van der Waals surface area contributed by atoms with E-state index in [0.29, 0.717) is 24.0 Å². The Morgan fingerprint density at radius 1 is 0.765 bits per heavy atom. The molecule has 0 saturated carbocycles. The fourth-order valence-electron chi connectivity index (χ4n) is 4.80. The van der Waals surface area contributed by atoms with Crippen LogP contribution in [0.2, 0.25) is 0 Å². The summed E-state index contributed by atoms with van der Waals surface area (Å²) >= 11 is 0. The normalized spacial score (nSPS) is 18.8. The van der Waals surface area contributed by atoms with Gasteiger partial charge in [-0.3, -0.25) is 0 Å². The number of hydrogen-bond donors (Lipinski definition) is 4. The van der Waals surface area contributed by atoms with Gasteiger partial charge in [-0.05, 0) is 97.2 Å². The van der Waals surface area contributed by atoms with Crippen molar-refractivity contribution in [2.45, 2.75) is 51.6 Å². The summed E-state index contributed by atoms with van der Waals surface area (Å²) in [4.78, 5) is 0. The van der Waals surface area contributed by atoms with Gasteiger partial charge in [-0.2, -0.15) is 36.8 Å². The van der Waals surface area contributed by atoms with Gasteiger partial charge in [0.2, 0.25) is 0 Å². The maximum atomic E-state index is 11.0. The molecular formula is C22H26N6O4S2. The number of nitriles is 2. The zero-order chi connectivity index (χ0) is 25.3. The van der Waals surface area contributed by atoms with Gasteiger partial charge in [-0.15, -0.1) is 0 Å². The molecule has 2 aromatic rings. The molecule has 2 atom stereocenters. The van der Waals surface area contributed by atoms with E-state index in [-0.39, 0.29) is 12.1 Å². The number of nitrogens with zero attached hydrogens (tertiary/aromatic N) is 2. The highest BCUT2D eigenvalue weighted by molar-refractivity contribution is 7.87. The Morgan fingerprint density at radius 3 is 1.41 bits per heavy atom. The molecular weight excluding hydrogens is 476 g/mol. The summed E-state index contributed by atoms with van der Waals surface area (Å²) in [6, 6.07) is 10.8. The smallest absolute Gasteiger partial charge is 0.216 e. The summed E-state index contributed by atoms with van der Waals surface area (Å²) in [5.41, 5.74) is 7.05. The van der Waals surface area contributed by atoms with Crippen LogP contribution < -0.4 is 19.7 Å². The van der Waals surface area contributed by atoms with Crippen LogP contribution in [-0.2, 0) is 33.3 Å². The van der Waals surface area contributed by atoms with E-state index in [1.807, 2.05) is 26.0 Å². The van der Waals surface area contributed by atoms with Crippen LogP contribution >= 0.6 is 0 Å². The predicted octanol–water partition coefficient (Wildman–Crippen LogP) is 1.29. The van der Waals surface area contributed by atoms with E-state index in [1.54, 1.807) is 12.1 Å². The topological polar surface area (TPSA) is 192 Å². The number of nitrogens with two attached hydrogens (primary N) is 2. The number of rotatable bonds is 4. The summed E-state index contributed by atoms with van der Waals surface area (Å²) in [7, 11) is -7.40. The Kier molecular flexibility index (Phi) is 7.43. The number of nitrogens with one attached hydrogen (secondary N) is 2. The predicted molar refractivity (Wildman–Crippen MR) is 126 cm³/mol. The molecule has 0 aliphatic heterocycles. The fourth-order valence-corrected chi connectivity index (χ4v) is 6.07. The Balaban J connectivity index is 0.000000191. The summed E-state index contributed by atoms with van der Waals surface area (Å²) in [6.07, 6.45) is 2.89. The summed E-state index contributed by atoms with van der Waals surface area (Å²) in [5.74, 6) is 0. The van der Waals surface area contributed by atoms with Gasteiger partial charge in [0, 0.05) is 12.1 Å². The van der Waals surface area contributed by atoms with E-state index in [4.69, 9.17) is 20.8 Å². The van der Waals surface area contributed by atoms with Gasteiger partial charge in [0.1, 0.15) is 0 Å². The molecule has 0 bridgehead atoms. The highest BCUT2D eigenvalue weighted by Gasteiger charge is 2.28. The van der Waals surface area contributed by atoms with Gasteiger partial charge in [0.15, 0.2) is 0 Å². The molecule has 0 unspecified atom stereocenters. The Bertz CT molecular complexity index is 1310. The van der Waals surface area contributed by atoms with Crippen LogP contribution in [0.25, 0.3) is 0 Å². The molecule has 12 heteroatoms. The van der Waals surface area contributed by atoms with Crippen molar-refractivity contribution in [2.75, 3.05) is 0 Å². The molecule has 2 aromatic carbocycles. The Labute approximate surface area is 199 Å². The van der Waals surface area contributed by atoms with Gasteiger partial charge in [-0.25, -0.2) is 10.3 Å². The largest absolute Gasteiger partial charge is 0.274 e. The molecule has 4 rings (SSSR count). The number of fused-ring (bicyclic) bond motifs is 2. The van der Waals surface area contributed by atoms with Gasteiger partial charge in [0.05, 0.1) is 23.3 Å². The van der Waals surface area contributed by atoms with Crippen molar-refractivity contribution in [3.8, 4) is 12.1 Å². The zero-order valence-electron chi connectivity index (χ0n) is 18.8. The van der Waals surface area contributed by atoms with Crippen LogP contribution in [0.15, 0.2) is 24.3 Å². The third kappa shape index (κ3) is 6.18. The SMILES string of the molecule is Cc1cc(C#N)cc2c1[C@@H](NS(N)(=O)=O)CC2.Cc1cc(C#N)cc2c1[C@H](NS(N)(=O)=O)CC2. The minimum atomic E-state index is -3.70. The monoisotopic (exact) mass is 502 g/mol. The number of hydrogen-bond acceptors (Lipinski definition) is 6. The number of benzene rings is 2. The van der Waals surface area contributed by atoms with E-state index in [0.717, 1.165) is 46.2 Å². The van der Waals surface area contributed by atoms with Crippen molar-refractivity contribution >= 4 is 20.4 Å². The highest BCUT2D eigenvalue weighted by Crippen LogP contribution is 2.35. The van der Waals surface area contributed by atoms with E-state index in [9.17, 15) is 16.8 Å². The first-order valence-corrected chi connectivity index (χ1v) is 13.6. The molecule has 6 N–H and O–H groups in total. The second kappa shape index (κ2) is 9.80. The second-order valence-corrected chi connectivity index (χ2v) is 11.1. The summed E-state index contributed by atoms with van der Waals surface area (Å²) < 4.78 is 49.0. The molecule has 0 radical (unpaired) electrons. The molecule has 34 heavy (non-hydrogen) atoms. The van der Waals surface area contributed by atoms with Crippen molar-refractivity contribution in [1.82, 2.24) is 9.44 Å². The molecule has 0 heterocycles. The minimum Gasteiger partial charge on any atom is -0.216 e. The van der Waals surface area contributed by atoms with Gasteiger partial charge < -0.3 is 0 Å². The molecule has 2 aliphatic carbocycles. The van der Waals surface area contributed by atoms with Crippen molar-refractivity contribution < 1.29 is 16.8 Å². The second-order valence-electron chi connectivity index (χ2n) is 8.46. The number of aryl methyl sites for hydroxylation is 4. The summed E-state index contributed by atoms with van der Waals surface area (Å²) in [6.45, 7) is 3.76. The van der Waals surface area contributed by atoms with E-state index in [2.05, 4.69) is 21.6 Å². The first-order chi connectivity index (χ1) is 15.8. The van der Waals surface area contributed by atoms with Gasteiger partial charge >= 0.3 is 0 Å². The van der Waals surface area contributed by atoms with E-state index < -0.39 is 20.4 Å². The van der Waals surface area contributed by atoms with Crippen LogP contribution in [0.5, 0.6) is 0 Å². The first-order valence-electron chi connectivity index (χ1n) is 10.5. The van der Waals surface area contributed by atoms with Crippen molar-refractivity contribution in [2.24, 2.45) is 10.3 Å². The van der Waals surface area contributed by atoms with Crippen molar-refractivity contribution in [3.63, 3.8) is 0 Å². The summed E-state index contributed by atoms with van der Waals surface area (Å²) in [5, 5.41) is 27.7. The van der Waals surface area contributed by atoms with Crippen molar-refractivity contribution in [3.05, 3.63) is 68.8 Å². The molecule has 0 amide bonds. The van der Waals surface area contributed by atoms with Crippen molar-refractivity contribution in [1.29, 1.82) is 10.5 Å². The molecule has 0 saturated heterocycles. The lowest BCUT2D eigenvalue weighted by molar-refractivity contribution is 0.554. The highest BCUT2D eigenvalue weighted by atomic mass is 32.2. The Hall–Kier alpha value is -2.84. The van der Waals surface area contributed by atoms with Gasteiger partial charge in [0.25, 0.3) is 20.4 Å². The molecule has 0 spiro atoms. The minimum absolute atomic E-state index is 0.271. The van der Waals surface area contributed by atoms with E-state index in [1.165, 1.54) is 0 Å². The lowest BCUT2D eigenvalue weighted by atomic mass is 9.99. The van der Waals surface area contributed by atoms with Crippen LogP contribution in [-0.4, -0.2) is 16.8 Å². The quantitative estimate of drug-likeness (QED) is 0.486. The third-order valence-corrected chi connectivity index (χ3v) is 7.14. The van der Waals surface area contributed by atoms with Gasteiger partial charge in [-0.1, -0.05) is 0 Å². The third-order valence-electron chi connectivity index (χ3n) is 5.92. The Morgan fingerprint density at radius 2 is 1.12 bits per heavy atom. The van der Waals surface area contributed by atoms with Crippen LogP contribution in [0, 0.1) is 36.5 Å². The fraction of sp³-hybridized carbons (Fsp3) is 0.364. The van der Waals surface area contributed by atoms with Crippen LogP contribution in [0.4, 0.5) is 0 Å². The van der Waals surface area contributed by atoms with Crippen LogP contribution in [0.1, 0.15) is 69.4 Å². The molecule has 0 fully saturated rings. The van der Waals surface area contributed by atoms with Crippen LogP contribution in [0.3, 0.4) is 0 Å². The lowest BCUT2D eigenvalue weighted by Crippen LogP contribution is -2.33. The standard InChI is InChI=1S/2C11H13N3O2S/c2*1-7-4-8(6-12)5-9-2-3-10(11(7)9)14-17(13,15)16/h2*4-5,10,14H,2-3H2,1H3,(H2,13,15,16)/t2*10-/m10/s1. The lowest BCUT2D eigenvalue weighted by Gasteiger charge is -2.14. The maximum absolute atomic E-state index is 11.0. The first kappa shape index (κ1) is 25.8. The van der Waals surface area contributed by atoms with E-state index >= 15 is 0 Å². The maximum Gasteiger partial charge on any atom is 0.274 e. The molecule has 2 aliphatic rings. The average Bonchev–Trinajstić information content (AvgIpc) is 3.30. The molecule has 10 nitrogen and oxygen atoms in total. The molecule has 0 aromatic heterocycles.